The highest BCUT2D eigenvalue weighted by molar-refractivity contribution is 4.84. The van der Waals surface area contributed by atoms with Gasteiger partial charge in [-0.1, -0.05) is 39.5 Å². The first-order chi connectivity index (χ1) is 8.33. The summed E-state index contributed by atoms with van der Waals surface area (Å²) in [4.78, 5) is 0. The molecule has 0 radical (unpaired) electrons. The van der Waals surface area contributed by atoms with Crippen LogP contribution in [0.5, 0.6) is 0 Å². The third-order valence-corrected chi connectivity index (χ3v) is 4.34. The summed E-state index contributed by atoms with van der Waals surface area (Å²) in [6, 6.07) is 0.723. The second kappa shape index (κ2) is 8.93. The van der Waals surface area contributed by atoms with Crippen LogP contribution >= 0.6 is 0 Å². The summed E-state index contributed by atoms with van der Waals surface area (Å²) in [5, 5.41) is 3.72. The van der Waals surface area contributed by atoms with Gasteiger partial charge in [-0.25, -0.2) is 0 Å². The molecule has 1 N–H and O–H groups in total. The van der Waals surface area contributed by atoms with Crippen molar-refractivity contribution in [3.63, 3.8) is 0 Å². The Morgan fingerprint density at radius 2 is 2.00 bits per heavy atom. The molecule has 0 amide bonds. The van der Waals surface area contributed by atoms with Crippen LogP contribution in [0.3, 0.4) is 0 Å². The molecule has 0 aromatic heterocycles. The van der Waals surface area contributed by atoms with Crippen molar-refractivity contribution in [2.45, 2.75) is 64.8 Å². The topological polar surface area (TPSA) is 21.3 Å². The lowest BCUT2D eigenvalue weighted by molar-refractivity contribution is 0.149. The zero-order valence-corrected chi connectivity index (χ0v) is 12.0. The molecule has 3 unspecified atom stereocenters. The van der Waals surface area contributed by atoms with Crippen LogP contribution in [-0.2, 0) is 4.74 Å². The highest BCUT2D eigenvalue weighted by Gasteiger charge is 2.29. The molecule has 0 heterocycles. The monoisotopic (exact) mass is 241 g/mol. The molecule has 17 heavy (non-hydrogen) atoms. The first-order valence-electron chi connectivity index (χ1n) is 7.55. The number of hydrogen-bond donors (Lipinski definition) is 1. The SMILES string of the molecule is CCNC(CCCOC)C1CCCCC1CC. The van der Waals surface area contributed by atoms with Gasteiger partial charge >= 0.3 is 0 Å². The highest BCUT2D eigenvalue weighted by Crippen LogP contribution is 2.35. The summed E-state index contributed by atoms with van der Waals surface area (Å²) < 4.78 is 5.18. The van der Waals surface area contributed by atoms with Gasteiger partial charge in [0.2, 0.25) is 0 Å². The Hall–Kier alpha value is -0.0800. The van der Waals surface area contributed by atoms with E-state index in [-0.39, 0.29) is 0 Å². The summed E-state index contributed by atoms with van der Waals surface area (Å²) in [6.45, 7) is 6.60. The van der Waals surface area contributed by atoms with Crippen molar-refractivity contribution in [1.82, 2.24) is 5.32 Å². The van der Waals surface area contributed by atoms with E-state index in [1.807, 2.05) is 0 Å². The van der Waals surface area contributed by atoms with Crippen molar-refractivity contribution >= 4 is 0 Å². The molecule has 0 aromatic carbocycles. The summed E-state index contributed by atoms with van der Waals surface area (Å²) in [6.07, 6.45) is 9.61. The number of hydrogen-bond acceptors (Lipinski definition) is 2. The molecule has 102 valence electrons. The molecule has 0 spiro atoms. The molecule has 1 saturated carbocycles. The van der Waals surface area contributed by atoms with Gasteiger partial charge in [0.15, 0.2) is 0 Å². The molecule has 1 aliphatic carbocycles. The lowest BCUT2D eigenvalue weighted by atomic mass is 9.73. The van der Waals surface area contributed by atoms with Gasteiger partial charge in [-0.3, -0.25) is 0 Å². The van der Waals surface area contributed by atoms with E-state index in [0.717, 1.165) is 31.0 Å². The molecule has 2 nitrogen and oxygen atoms in total. The summed E-state index contributed by atoms with van der Waals surface area (Å²) >= 11 is 0. The van der Waals surface area contributed by atoms with Gasteiger partial charge in [0, 0.05) is 19.8 Å². The van der Waals surface area contributed by atoms with Crippen LogP contribution < -0.4 is 5.32 Å². The maximum atomic E-state index is 5.18. The standard InChI is InChI=1S/C15H31NO/c1-4-13-9-6-7-10-14(13)15(16-5-2)11-8-12-17-3/h13-16H,4-12H2,1-3H3. The maximum absolute atomic E-state index is 5.18. The Morgan fingerprint density at radius 1 is 1.24 bits per heavy atom. The third kappa shape index (κ3) is 4.97. The van der Waals surface area contributed by atoms with Crippen molar-refractivity contribution in [2.75, 3.05) is 20.3 Å². The molecule has 0 aromatic rings. The lowest BCUT2D eigenvalue weighted by Gasteiger charge is -2.37. The van der Waals surface area contributed by atoms with Gasteiger partial charge < -0.3 is 10.1 Å². The van der Waals surface area contributed by atoms with E-state index in [0.29, 0.717) is 0 Å². The molecular formula is C15H31NO. The van der Waals surface area contributed by atoms with Crippen molar-refractivity contribution in [1.29, 1.82) is 0 Å². The van der Waals surface area contributed by atoms with E-state index in [1.165, 1.54) is 44.9 Å². The Balaban J connectivity index is 2.47. The van der Waals surface area contributed by atoms with E-state index in [9.17, 15) is 0 Å². The van der Waals surface area contributed by atoms with Gasteiger partial charge in [-0.05, 0) is 37.6 Å². The Kier molecular flexibility index (Phi) is 7.87. The molecule has 0 aliphatic heterocycles. The first-order valence-corrected chi connectivity index (χ1v) is 7.55. The largest absolute Gasteiger partial charge is 0.385 e. The number of methoxy groups -OCH3 is 1. The fourth-order valence-corrected chi connectivity index (χ4v) is 3.45. The fourth-order valence-electron chi connectivity index (χ4n) is 3.45. The second-order valence-electron chi connectivity index (χ2n) is 5.42. The molecule has 3 atom stereocenters. The smallest absolute Gasteiger partial charge is 0.0462 e. The molecule has 0 saturated heterocycles. The molecule has 1 aliphatic rings. The quantitative estimate of drug-likeness (QED) is 0.656. The minimum Gasteiger partial charge on any atom is -0.385 e. The van der Waals surface area contributed by atoms with Crippen LogP contribution in [0.15, 0.2) is 0 Å². The predicted molar refractivity (Wildman–Crippen MR) is 74.3 cm³/mol. The van der Waals surface area contributed by atoms with E-state index < -0.39 is 0 Å². The molecule has 1 rings (SSSR count). The molecular weight excluding hydrogens is 210 g/mol. The van der Waals surface area contributed by atoms with Crippen LogP contribution in [-0.4, -0.2) is 26.3 Å². The fraction of sp³-hybridized carbons (Fsp3) is 1.00. The van der Waals surface area contributed by atoms with Gasteiger partial charge in [0.1, 0.15) is 0 Å². The molecule has 1 fully saturated rings. The Labute approximate surface area is 108 Å². The average Bonchev–Trinajstić information content (AvgIpc) is 2.38. The van der Waals surface area contributed by atoms with Gasteiger partial charge in [0.25, 0.3) is 0 Å². The predicted octanol–water partition coefficient (Wildman–Crippen LogP) is 3.61. The summed E-state index contributed by atoms with van der Waals surface area (Å²) in [5.41, 5.74) is 0. The second-order valence-corrected chi connectivity index (χ2v) is 5.42. The third-order valence-electron chi connectivity index (χ3n) is 4.34. The Bertz CT molecular complexity index is 184. The van der Waals surface area contributed by atoms with Crippen LogP contribution in [0.1, 0.15) is 58.8 Å². The van der Waals surface area contributed by atoms with E-state index in [1.54, 1.807) is 7.11 Å². The first kappa shape index (κ1) is 15.0. The van der Waals surface area contributed by atoms with Crippen LogP contribution in [0.4, 0.5) is 0 Å². The van der Waals surface area contributed by atoms with E-state index in [4.69, 9.17) is 4.74 Å². The lowest BCUT2D eigenvalue weighted by Crippen LogP contribution is -2.41. The van der Waals surface area contributed by atoms with E-state index >= 15 is 0 Å². The maximum Gasteiger partial charge on any atom is 0.0462 e. The average molecular weight is 241 g/mol. The normalized spacial score (nSPS) is 27.0. The van der Waals surface area contributed by atoms with Gasteiger partial charge in [-0.2, -0.15) is 0 Å². The number of rotatable bonds is 8. The van der Waals surface area contributed by atoms with Crippen LogP contribution in [0.2, 0.25) is 0 Å². The van der Waals surface area contributed by atoms with E-state index in [2.05, 4.69) is 19.2 Å². The van der Waals surface area contributed by atoms with Crippen molar-refractivity contribution in [2.24, 2.45) is 11.8 Å². The highest BCUT2D eigenvalue weighted by atomic mass is 16.5. The van der Waals surface area contributed by atoms with Crippen LogP contribution in [0.25, 0.3) is 0 Å². The zero-order chi connectivity index (χ0) is 12.5. The number of ether oxygens (including phenoxy) is 1. The van der Waals surface area contributed by atoms with Crippen LogP contribution in [0, 0.1) is 11.8 Å². The van der Waals surface area contributed by atoms with Gasteiger partial charge in [0.05, 0.1) is 0 Å². The minimum absolute atomic E-state index is 0.723. The summed E-state index contributed by atoms with van der Waals surface area (Å²) in [5.74, 6) is 1.86. The minimum atomic E-state index is 0.723. The van der Waals surface area contributed by atoms with Gasteiger partial charge in [-0.15, -0.1) is 0 Å². The number of nitrogens with one attached hydrogen (secondary N) is 1. The van der Waals surface area contributed by atoms with Crippen molar-refractivity contribution in [3.05, 3.63) is 0 Å². The Morgan fingerprint density at radius 3 is 2.65 bits per heavy atom. The van der Waals surface area contributed by atoms with Crippen molar-refractivity contribution in [3.8, 4) is 0 Å². The van der Waals surface area contributed by atoms with Crippen molar-refractivity contribution < 1.29 is 4.74 Å². The molecule has 2 heteroatoms. The summed E-state index contributed by atoms with van der Waals surface area (Å²) in [7, 11) is 1.80. The zero-order valence-electron chi connectivity index (χ0n) is 12.0. The molecule has 0 bridgehead atoms.